The summed E-state index contributed by atoms with van der Waals surface area (Å²) in [6.07, 6.45) is 15.3. The lowest BCUT2D eigenvalue weighted by Gasteiger charge is -2.22. The van der Waals surface area contributed by atoms with Crippen molar-refractivity contribution in [1.29, 1.82) is 0 Å². The van der Waals surface area contributed by atoms with Crippen LogP contribution in [0.3, 0.4) is 0 Å². The standard InChI is InChI=1S/C20H32N2OS/c1-2-17-18(13-15-9-5-3-6-10-15)21-20(22-19(17)23)24-14-16-11-7-4-8-12-16/h15-16H,2-14H2,1H3,(H,21,22,23). The van der Waals surface area contributed by atoms with Crippen molar-refractivity contribution in [2.75, 3.05) is 5.75 Å². The van der Waals surface area contributed by atoms with Crippen LogP contribution in [-0.2, 0) is 12.8 Å². The highest BCUT2D eigenvalue weighted by Gasteiger charge is 2.19. The summed E-state index contributed by atoms with van der Waals surface area (Å²) in [4.78, 5) is 20.4. The van der Waals surface area contributed by atoms with Crippen molar-refractivity contribution in [3.63, 3.8) is 0 Å². The number of nitrogens with one attached hydrogen (secondary N) is 1. The number of aromatic amines is 1. The van der Waals surface area contributed by atoms with Crippen LogP contribution in [0.15, 0.2) is 9.95 Å². The van der Waals surface area contributed by atoms with E-state index in [-0.39, 0.29) is 5.56 Å². The third-order valence-corrected chi connectivity index (χ3v) is 6.93. The van der Waals surface area contributed by atoms with Crippen LogP contribution in [0.1, 0.15) is 82.4 Å². The molecular formula is C20H32N2OS. The van der Waals surface area contributed by atoms with Gasteiger partial charge in [-0.2, -0.15) is 0 Å². The van der Waals surface area contributed by atoms with E-state index in [1.54, 1.807) is 11.8 Å². The Morgan fingerprint density at radius 3 is 2.25 bits per heavy atom. The Balaban J connectivity index is 1.68. The molecule has 0 spiro atoms. The molecule has 0 saturated heterocycles. The zero-order chi connectivity index (χ0) is 16.8. The van der Waals surface area contributed by atoms with Crippen LogP contribution in [0.5, 0.6) is 0 Å². The van der Waals surface area contributed by atoms with Gasteiger partial charge in [0.15, 0.2) is 5.16 Å². The fraction of sp³-hybridized carbons (Fsp3) is 0.800. The summed E-state index contributed by atoms with van der Waals surface area (Å²) in [6, 6.07) is 0. The predicted molar refractivity (Wildman–Crippen MR) is 102 cm³/mol. The van der Waals surface area contributed by atoms with Crippen LogP contribution in [0.25, 0.3) is 0 Å². The number of nitrogens with zero attached hydrogens (tertiary/aromatic N) is 1. The van der Waals surface area contributed by atoms with E-state index in [0.29, 0.717) is 0 Å². The molecule has 2 aliphatic carbocycles. The minimum absolute atomic E-state index is 0.101. The topological polar surface area (TPSA) is 45.8 Å². The van der Waals surface area contributed by atoms with Gasteiger partial charge >= 0.3 is 0 Å². The smallest absolute Gasteiger partial charge is 0.254 e. The number of hydrogen-bond donors (Lipinski definition) is 1. The van der Waals surface area contributed by atoms with Gasteiger partial charge in [0, 0.05) is 11.3 Å². The highest BCUT2D eigenvalue weighted by molar-refractivity contribution is 7.99. The number of thioether (sulfide) groups is 1. The van der Waals surface area contributed by atoms with Crippen molar-refractivity contribution in [1.82, 2.24) is 9.97 Å². The largest absolute Gasteiger partial charge is 0.301 e. The Morgan fingerprint density at radius 2 is 1.62 bits per heavy atom. The maximum absolute atomic E-state index is 12.5. The molecule has 0 aliphatic heterocycles. The second-order valence-electron chi connectivity index (χ2n) is 7.67. The highest BCUT2D eigenvalue weighted by Crippen LogP contribution is 2.30. The normalized spacial score (nSPS) is 20.4. The molecule has 2 aliphatic rings. The van der Waals surface area contributed by atoms with E-state index in [1.807, 2.05) is 0 Å². The average Bonchev–Trinajstić information content (AvgIpc) is 2.62. The van der Waals surface area contributed by atoms with Gasteiger partial charge in [-0.3, -0.25) is 4.79 Å². The first-order valence-electron chi connectivity index (χ1n) is 10.0. The molecule has 0 radical (unpaired) electrons. The lowest BCUT2D eigenvalue weighted by Crippen LogP contribution is -2.21. The molecule has 0 bridgehead atoms. The zero-order valence-corrected chi connectivity index (χ0v) is 15.9. The predicted octanol–water partition coefficient (Wildman–Crippen LogP) is 5.13. The van der Waals surface area contributed by atoms with E-state index in [0.717, 1.165) is 46.8 Å². The molecule has 3 nitrogen and oxygen atoms in total. The Hall–Kier alpha value is -0.770. The maximum atomic E-state index is 12.5. The lowest BCUT2D eigenvalue weighted by atomic mass is 9.85. The Morgan fingerprint density at radius 1 is 1.00 bits per heavy atom. The number of H-pyrrole nitrogens is 1. The molecule has 134 valence electrons. The molecule has 24 heavy (non-hydrogen) atoms. The van der Waals surface area contributed by atoms with Crippen LogP contribution in [0.4, 0.5) is 0 Å². The molecule has 1 heterocycles. The van der Waals surface area contributed by atoms with Crippen LogP contribution < -0.4 is 5.56 Å². The van der Waals surface area contributed by atoms with Crippen molar-refractivity contribution in [3.8, 4) is 0 Å². The lowest BCUT2D eigenvalue weighted by molar-refractivity contribution is 0.352. The summed E-state index contributed by atoms with van der Waals surface area (Å²) in [5.74, 6) is 2.65. The van der Waals surface area contributed by atoms with Gasteiger partial charge in [0.2, 0.25) is 0 Å². The van der Waals surface area contributed by atoms with E-state index in [2.05, 4.69) is 11.9 Å². The maximum Gasteiger partial charge on any atom is 0.254 e. The molecule has 0 aromatic carbocycles. The van der Waals surface area contributed by atoms with Crippen molar-refractivity contribution >= 4 is 11.8 Å². The summed E-state index contributed by atoms with van der Waals surface area (Å²) in [7, 11) is 0. The van der Waals surface area contributed by atoms with Gasteiger partial charge in [0.05, 0.1) is 5.69 Å². The SMILES string of the molecule is CCc1c(CC2CCCCC2)nc(SCC2CCCCC2)[nH]c1=O. The van der Waals surface area contributed by atoms with Gasteiger partial charge in [0.25, 0.3) is 5.56 Å². The van der Waals surface area contributed by atoms with Crippen molar-refractivity contribution < 1.29 is 0 Å². The average molecular weight is 349 g/mol. The van der Waals surface area contributed by atoms with Gasteiger partial charge in [0.1, 0.15) is 0 Å². The van der Waals surface area contributed by atoms with Gasteiger partial charge in [-0.1, -0.05) is 70.1 Å². The van der Waals surface area contributed by atoms with Gasteiger partial charge in [-0.25, -0.2) is 4.98 Å². The minimum atomic E-state index is 0.101. The molecular weight excluding hydrogens is 316 g/mol. The number of aromatic nitrogens is 2. The fourth-order valence-corrected chi connectivity index (χ4v) is 5.41. The summed E-state index contributed by atoms with van der Waals surface area (Å²) >= 11 is 1.77. The third kappa shape index (κ3) is 4.87. The molecule has 4 heteroatoms. The Bertz CT molecular complexity index is 571. The van der Waals surface area contributed by atoms with Crippen LogP contribution in [0.2, 0.25) is 0 Å². The van der Waals surface area contributed by atoms with E-state index in [1.165, 1.54) is 64.2 Å². The van der Waals surface area contributed by atoms with E-state index in [9.17, 15) is 4.79 Å². The van der Waals surface area contributed by atoms with Gasteiger partial charge in [-0.05, 0) is 37.5 Å². The van der Waals surface area contributed by atoms with E-state index in [4.69, 9.17) is 4.98 Å². The first-order chi connectivity index (χ1) is 11.8. The summed E-state index contributed by atoms with van der Waals surface area (Å²) in [5, 5.41) is 0.855. The molecule has 2 saturated carbocycles. The van der Waals surface area contributed by atoms with E-state index < -0.39 is 0 Å². The first-order valence-corrected chi connectivity index (χ1v) is 11.0. The first kappa shape index (κ1) is 18.0. The van der Waals surface area contributed by atoms with E-state index >= 15 is 0 Å². The molecule has 3 rings (SSSR count). The number of rotatable bonds is 6. The number of hydrogen-bond acceptors (Lipinski definition) is 3. The molecule has 1 aromatic heterocycles. The van der Waals surface area contributed by atoms with Gasteiger partial charge < -0.3 is 4.98 Å². The second-order valence-corrected chi connectivity index (χ2v) is 8.68. The molecule has 2 fully saturated rings. The Kier molecular flexibility index (Phi) is 6.82. The molecule has 1 aromatic rings. The molecule has 0 amide bonds. The third-order valence-electron chi connectivity index (χ3n) is 5.82. The zero-order valence-electron chi connectivity index (χ0n) is 15.1. The van der Waals surface area contributed by atoms with Crippen LogP contribution >= 0.6 is 11.8 Å². The fourth-order valence-electron chi connectivity index (χ4n) is 4.34. The minimum Gasteiger partial charge on any atom is -0.301 e. The van der Waals surface area contributed by atoms with Crippen molar-refractivity contribution in [2.24, 2.45) is 11.8 Å². The van der Waals surface area contributed by atoms with Crippen molar-refractivity contribution in [3.05, 3.63) is 21.6 Å². The monoisotopic (exact) mass is 348 g/mol. The Labute approximate surface area is 150 Å². The second kappa shape index (κ2) is 9.07. The van der Waals surface area contributed by atoms with Crippen LogP contribution in [0, 0.1) is 11.8 Å². The quantitative estimate of drug-likeness (QED) is 0.573. The summed E-state index contributed by atoms with van der Waals surface area (Å²) in [6.45, 7) is 2.07. The highest BCUT2D eigenvalue weighted by atomic mass is 32.2. The summed E-state index contributed by atoms with van der Waals surface area (Å²) in [5.41, 5.74) is 2.10. The molecule has 0 atom stereocenters. The van der Waals surface area contributed by atoms with Crippen molar-refractivity contribution in [2.45, 2.75) is 89.1 Å². The van der Waals surface area contributed by atoms with Gasteiger partial charge in [-0.15, -0.1) is 0 Å². The van der Waals surface area contributed by atoms with Crippen LogP contribution in [-0.4, -0.2) is 15.7 Å². The molecule has 1 N–H and O–H groups in total. The summed E-state index contributed by atoms with van der Waals surface area (Å²) < 4.78 is 0. The molecule has 0 unspecified atom stereocenters.